The molecule has 0 spiro atoms. The minimum atomic E-state index is -1.76. The maximum absolute atomic E-state index is 11.7. The van der Waals surface area contributed by atoms with Crippen LogP contribution in [0.25, 0.3) is 11.0 Å². The second-order valence-corrected chi connectivity index (χ2v) is 5.83. The summed E-state index contributed by atoms with van der Waals surface area (Å²) in [6, 6.07) is 5.80. The first-order chi connectivity index (χ1) is 7.38. The summed E-state index contributed by atoms with van der Waals surface area (Å²) in [7, 11) is 0. The first-order valence-electron chi connectivity index (χ1n) is 4.18. The summed E-state index contributed by atoms with van der Waals surface area (Å²) in [5.74, 6) is -0.0164. The Balaban J connectivity index is 2.79. The third-order valence-corrected chi connectivity index (χ3v) is 2.76. The SMILES string of the molecule is O=c1cc(C(Cl)(Cl)Cl)oc2ccc(Cl)cc12. The van der Waals surface area contributed by atoms with Crippen LogP contribution in [-0.4, -0.2) is 0 Å². The van der Waals surface area contributed by atoms with Crippen molar-refractivity contribution in [2.75, 3.05) is 0 Å². The van der Waals surface area contributed by atoms with E-state index in [2.05, 4.69) is 0 Å². The van der Waals surface area contributed by atoms with Crippen molar-refractivity contribution in [2.45, 2.75) is 3.79 Å². The summed E-state index contributed by atoms with van der Waals surface area (Å²) in [5, 5.41) is 0.798. The summed E-state index contributed by atoms with van der Waals surface area (Å²) in [6.07, 6.45) is 0. The Morgan fingerprint density at radius 1 is 1.12 bits per heavy atom. The number of hydrogen-bond donors (Lipinski definition) is 0. The highest BCUT2D eigenvalue weighted by atomic mass is 35.6. The molecule has 16 heavy (non-hydrogen) atoms. The molecule has 2 nitrogen and oxygen atoms in total. The van der Waals surface area contributed by atoms with Gasteiger partial charge in [-0.15, -0.1) is 0 Å². The predicted molar refractivity (Wildman–Crippen MR) is 66.7 cm³/mol. The molecular formula is C10H4Cl4O2. The van der Waals surface area contributed by atoms with Crippen molar-refractivity contribution in [3.8, 4) is 0 Å². The highest BCUT2D eigenvalue weighted by Gasteiger charge is 2.27. The lowest BCUT2D eigenvalue weighted by atomic mass is 10.2. The van der Waals surface area contributed by atoms with Crippen molar-refractivity contribution in [1.29, 1.82) is 0 Å². The highest BCUT2D eigenvalue weighted by Crippen LogP contribution is 2.38. The average Bonchev–Trinajstić information content (AvgIpc) is 2.17. The van der Waals surface area contributed by atoms with Crippen LogP contribution in [0.15, 0.2) is 33.5 Å². The fourth-order valence-corrected chi connectivity index (χ4v) is 1.72. The number of benzene rings is 1. The topological polar surface area (TPSA) is 30.2 Å². The van der Waals surface area contributed by atoms with Crippen molar-refractivity contribution in [1.82, 2.24) is 0 Å². The first kappa shape index (κ1) is 12.1. The van der Waals surface area contributed by atoms with E-state index in [0.717, 1.165) is 6.07 Å². The average molecular weight is 298 g/mol. The van der Waals surface area contributed by atoms with E-state index in [-0.39, 0.29) is 11.2 Å². The van der Waals surface area contributed by atoms with E-state index < -0.39 is 3.79 Å². The van der Waals surface area contributed by atoms with E-state index in [1.54, 1.807) is 12.1 Å². The zero-order valence-electron chi connectivity index (χ0n) is 7.64. The number of alkyl halides is 3. The van der Waals surface area contributed by atoms with Gasteiger partial charge in [0, 0.05) is 11.1 Å². The Kier molecular flexibility index (Phi) is 3.10. The van der Waals surface area contributed by atoms with E-state index >= 15 is 0 Å². The Morgan fingerprint density at radius 2 is 1.81 bits per heavy atom. The van der Waals surface area contributed by atoms with Crippen molar-refractivity contribution in [3.05, 3.63) is 45.3 Å². The third-order valence-electron chi connectivity index (χ3n) is 1.97. The van der Waals surface area contributed by atoms with Gasteiger partial charge in [-0.3, -0.25) is 4.79 Å². The molecule has 0 aliphatic carbocycles. The normalized spacial score (nSPS) is 12.0. The Bertz CT molecular complexity index is 598. The molecule has 0 atom stereocenters. The van der Waals surface area contributed by atoms with Crippen LogP contribution in [0.1, 0.15) is 5.76 Å². The summed E-state index contributed by atoms with van der Waals surface area (Å²) < 4.78 is 3.55. The van der Waals surface area contributed by atoms with Gasteiger partial charge in [-0.2, -0.15) is 0 Å². The summed E-state index contributed by atoms with van der Waals surface area (Å²) in [5.41, 5.74) is 0.0308. The molecule has 1 aromatic carbocycles. The van der Waals surface area contributed by atoms with E-state index in [1.807, 2.05) is 0 Å². The van der Waals surface area contributed by atoms with Gasteiger partial charge in [0.2, 0.25) is 3.79 Å². The quantitative estimate of drug-likeness (QED) is 0.680. The number of halogens is 4. The van der Waals surface area contributed by atoms with Gasteiger partial charge >= 0.3 is 0 Å². The standard InChI is InChI=1S/C10H4Cl4O2/c11-5-1-2-8-6(3-5)7(15)4-9(16-8)10(12,13)14/h1-4H. The van der Waals surface area contributed by atoms with Crippen LogP contribution in [0, 0.1) is 0 Å². The molecule has 2 aromatic rings. The monoisotopic (exact) mass is 296 g/mol. The molecule has 84 valence electrons. The van der Waals surface area contributed by atoms with Crippen LogP contribution < -0.4 is 5.43 Å². The van der Waals surface area contributed by atoms with Gasteiger partial charge in [0.15, 0.2) is 11.2 Å². The van der Waals surface area contributed by atoms with Crippen LogP contribution in [-0.2, 0) is 3.79 Å². The smallest absolute Gasteiger partial charge is 0.248 e. The minimum Gasteiger partial charge on any atom is -0.456 e. The van der Waals surface area contributed by atoms with Gasteiger partial charge in [-0.1, -0.05) is 46.4 Å². The molecule has 0 aliphatic heterocycles. The van der Waals surface area contributed by atoms with Gasteiger partial charge in [-0.25, -0.2) is 0 Å². The molecular weight excluding hydrogens is 294 g/mol. The van der Waals surface area contributed by atoms with Crippen molar-refractivity contribution >= 4 is 57.4 Å². The van der Waals surface area contributed by atoms with Crippen LogP contribution >= 0.6 is 46.4 Å². The number of hydrogen-bond acceptors (Lipinski definition) is 2. The van der Waals surface area contributed by atoms with Crippen LogP contribution in [0.5, 0.6) is 0 Å². The zero-order valence-corrected chi connectivity index (χ0v) is 10.7. The van der Waals surface area contributed by atoms with E-state index in [1.165, 1.54) is 6.07 Å². The molecule has 0 N–H and O–H groups in total. The molecule has 1 aromatic heterocycles. The van der Waals surface area contributed by atoms with Crippen molar-refractivity contribution in [2.24, 2.45) is 0 Å². The highest BCUT2D eigenvalue weighted by molar-refractivity contribution is 6.66. The van der Waals surface area contributed by atoms with Gasteiger partial charge in [0.05, 0.1) is 5.39 Å². The Labute approximate surface area is 111 Å². The third kappa shape index (κ3) is 2.30. The lowest BCUT2D eigenvalue weighted by Gasteiger charge is -2.09. The fourth-order valence-electron chi connectivity index (χ4n) is 1.27. The fraction of sp³-hybridized carbons (Fsp3) is 0.100. The van der Waals surface area contributed by atoms with E-state index in [0.29, 0.717) is 16.0 Å². The number of fused-ring (bicyclic) bond motifs is 1. The minimum absolute atomic E-state index is 0.0164. The van der Waals surface area contributed by atoms with Crippen molar-refractivity contribution in [3.63, 3.8) is 0 Å². The predicted octanol–water partition coefficient (Wildman–Crippen LogP) is 4.27. The molecule has 1 heterocycles. The lowest BCUT2D eigenvalue weighted by Crippen LogP contribution is -2.08. The second-order valence-electron chi connectivity index (χ2n) is 3.11. The molecule has 0 radical (unpaired) electrons. The maximum Gasteiger partial charge on any atom is 0.248 e. The van der Waals surface area contributed by atoms with Crippen LogP contribution in [0.3, 0.4) is 0 Å². The lowest BCUT2D eigenvalue weighted by molar-refractivity contribution is 0.545. The summed E-state index contributed by atoms with van der Waals surface area (Å²) >= 11 is 22.7. The van der Waals surface area contributed by atoms with Gasteiger partial charge in [-0.05, 0) is 18.2 Å². The Morgan fingerprint density at radius 3 is 2.44 bits per heavy atom. The van der Waals surface area contributed by atoms with Gasteiger partial charge in [0.1, 0.15) is 5.58 Å². The molecule has 6 heteroatoms. The Hall–Kier alpha value is -0.410. The van der Waals surface area contributed by atoms with Gasteiger partial charge in [0.25, 0.3) is 0 Å². The molecule has 0 fully saturated rings. The number of rotatable bonds is 0. The zero-order chi connectivity index (χ0) is 11.9. The molecule has 0 saturated heterocycles. The van der Waals surface area contributed by atoms with E-state index in [9.17, 15) is 4.79 Å². The largest absolute Gasteiger partial charge is 0.456 e. The molecule has 0 aliphatic rings. The summed E-state index contributed by atoms with van der Waals surface area (Å²) in [4.78, 5) is 11.7. The molecule has 0 bridgehead atoms. The van der Waals surface area contributed by atoms with Crippen LogP contribution in [0.4, 0.5) is 0 Å². The van der Waals surface area contributed by atoms with E-state index in [4.69, 9.17) is 50.8 Å². The molecule has 0 unspecified atom stereocenters. The molecule has 2 rings (SSSR count). The van der Waals surface area contributed by atoms with Gasteiger partial charge < -0.3 is 4.42 Å². The maximum atomic E-state index is 11.7. The first-order valence-corrected chi connectivity index (χ1v) is 5.70. The van der Waals surface area contributed by atoms with Crippen LogP contribution in [0.2, 0.25) is 5.02 Å². The second kappa shape index (κ2) is 4.11. The molecule has 0 amide bonds. The molecule has 0 saturated carbocycles. The summed E-state index contributed by atoms with van der Waals surface area (Å²) in [6.45, 7) is 0. The van der Waals surface area contributed by atoms with Crippen molar-refractivity contribution < 1.29 is 4.42 Å².